The van der Waals surface area contributed by atoms with Gasteiger partial charge in [-0.25, -0.2) is 0 Å². The van der Waals surface area contributed by atoms with Crippen LogP contribution in [0.5, 0.6) is 0 Å². The molecule has 0 saturated carbocycles. The van der Waals surface area contributed by atoms with E-state index in [1.165, 1.54) is 4.90 Å². The third kappa shape index (κ3) is 5.52. The summed E-state index contributed by atoms with van der Waals surface area (Å²) in [6, 6.07) is 16.3. The molecule has 0 aromatic heterocycles. The molecular formula is C25H32BFN4O4. The number of rotatable bonds is 9. The van der Waals surface area contributed by atoms with Crippen molar-refractivity contribution in [3.8, 4) is 0 Å². The lowest BCUT2D eigenvalue weighted by Crippen LogP contribution is -2.43. The first kappa shape index (κ1) is 26.3. The third-order valence-corrected chi connectivity index (χ3v) is 5.93. The number of nitrogens with two attached hydrogens (primary N) is 1. The fourth-order valence-electron chi connectivity index (χ4n) is 4.31. The predicted octanol–water partition coefficient (Wildman–Crippen LogP) is 1.41. The van der Waals surface area contributed by atoms with Crippen LogP contribution in [0.3, 0.4) is 0 Å². The van der Waals surface area contributed by atoms with Crippen molar-refractivity contribution >= 4 is 40.9 Å². The number of nitrogens with one attached hydrogen (secondary N) is 1. The van der Waals surface area contributed by atoms with Crippen LogP contribution in [0.4, 0.5) is 10.4 Å². The lowest BCUT2D eigenvalue weighted by Gasteiger charge is -2.27. The fraction of sp³-hybridized carbons (Fsp3) is 0.280. The van der Waals surface area contributed by atoms with Crippen LogP contribution in [-0.2, 0) is 6.54 Å². The van der Waals surface area contributed by atoms with Gasteiger partial charge in [0.05, 0.1) is 0 Å². The minimum absolute atomic E-state index is 0. The predicted molar refractivity (Wildman–Crippen MR) is 139 cm³/mol. The molecule has 0 aliphatic carbocycles. The Morgan fingerprint density at radius 3 is 2.43 bits per heavy atom. The van der Waals surface area contributed by atoms with Gasteiger partial charge < -0.3 is 26.0 Å². The topological polar surface area (TPSA) is 119 Å². The summed E-state index contributed by atoms with van der Waals surface area (Å²) in [6.45, 7) is 2.30. The highest BCUT2D eigenvalue weighted by molar-refractivity contribution is 6.59. The number of imide groups is 1. The van der Waals surface area contributed by atoms with Crippen molar-refractivity contribution in [3.05, 3.63) is 71.3 Å². The summed E-state index contributed by atoms with van der Waals surface area (Å²) in [7, 11) is 0.458. The van der Waals surface area contributed by atoms with Crippen LogP contribution in [0.2, 0.25) is 0 Å². The minimum Gasteiger partial charge on any atom is -0.423 e. The SMILES string of the molecule is C.CN(CCNc1ccc2c3c(cccc13)C(=O)N(CCN)C2=O)Cc1ccccc1B(O)O.[3H]F. The van der Waals surface area contributed by atoms with Gasteiger partial charge in [0.1, 0.15) is 0 Å². The molecule has 3 aromatic carbocycles. The average Bonchev–Trinajstić information content (AvgIpc) is 2.87. The Morgan fingerprint density at radius 1 is 1.06 bits per heavy atom. The van der Waals surface area contributed by atoms with Crippen LogP contribution in [0.15, 0.2) is 54.6 Å². The van der Waals surface area contributed by atoms with E-state index in [9.17, 15) is 19.6 Å². The molecule has 5 N–H and O–H groups in total. The molecule has 0 atom stereocenters. The summed E-state index contributed by atoms with van der Waals surface area (Å²) in [5.74, 6) is -0.629. The van der Waals surface area contributed by atoms with Crippen LogP contribution >= 0.6 is 0 Å². The summed E-state index contributed by atoms with van der Waals surface area (Å²) >= 11 is 0. The Hall–Kier alpha value is -3.31. The van der Waals surface area contributed by atoms with Crippen molar-refractivity contribution in [3.63, 3.8) is 0 Å². The van der Waals surface area contributed by atoms with Gasteiger partial charge in [-0.1, -0.05) is 43.8 Å². The Bertz CT molecular complexity index is 1190. The molecule has 3 aromatic rings. The van der Waals surface area contributed by atoms with Gasteiger partial charge in [0.15, 0.2) is 0 Å². The van der Waals surface area contributed by atoms with Gasteiger partial charge in [0.25, 0.3) is 13.3 Å². The van der Waals surface area contributed by atoms with Gasteiger partial charge in [-0.3, -0.25) is 19.2 Å². The van der Waals surface area contributed by atoms with E-state index >= 15 is 0 Å². The van der Waals surface area contributed by atoms with E-state index in [1.807, 2.05) is 37.4 Å². The molecule has 1 aliphatic heterocycles. The Labute approximate surface area is 206 Å². The molecule has 0 unspecified atom stereocenters. The van der Waals surface area contributed by atoms with Crippen molar-refractivity contribution in [2.75, 3.05) is 38.5 Å². The number of carbonyl (C=O) groups excluding carboxylic acids is 2. The zero-order valence-electron chi connectivity index (χ0n) is 19.9. The van der Waals surface area contributed by atoms with Crippen molar-refractivity contribution in [2.45, 2.75) is 14.0 Å². The monoisotopic (exact) mass is 484 g/mol. The molecule has 1 aliphatic rings. The normalized spacial score (nSPS) is 12.6. The molecule has 35 heavy (non-hydrogen) atoms. The van der Waals surface area contributed by atoms with Crippen molar-refractivity contribution < 1.29 is 24.4 Å². The summed E-state index contributed by atoms with van der Waals surface area (Å²) in [5, 5.41) is 24.0. The smallest absolute Gasteiger partial charge is 0.423 e. The minimum atomic E-state index is -1.50. The van der Waals surface area contributed by atoms with Crippen molar-refractivity contribution in [2.24, 2.45) is 5.73 Å². The average molecular weight is 484 g/mol. The molecule has 10 heteroatoms. The first-order chi connectivity index (χ1) is 16.9. The number of hydrogen-bond acceptors (Lipinski definition) is 7. The second-order valence-electron chi connectivity index (χ2n) is 8.18. The second-order valence-corrected chi connectivity index (χ2v) is 8.18. The molecule has 2 amide bonds. The molecule has 0 spiro atoms. The number of halogens is 1. The largest absolute Gasteiger partial charge is 0.488 e. The van der Waals surface area contributed by atoms with Gasteiger partial charge in [0, 0.05) is 60.3 Å². The van der Waals surface area contributed by atoms with E-state index in [0.29, 0.717) is 41.6 Å². The Kier molecular flexibility index (Phi) is 8.94. The molecule has 0 bridgehead atoms. The molecule has 0 radical (unpaired) electrons. The number of nitrogens with zero attached hydrogens (tertiary/aromatic N) is 2. The number of amides is 2. The lowest BCUT2D eigenvalue weighted by molar-refractivity contribution is 0.0615. The van der Waals surface area contributed by atoms with Gasteiger partial charge in [-0.2, -0.15) is 0 Å². The number of likely N-dealkylation sites (N-methyl/N-ethyl adjacent to an activating group) is 1. The molecule has 1 heterocycles. The van der Waals surface area contributed by atoms with E-state index in [1.54, 1.807) is 24.3 Å². The van der Waals surface area contributed by atoms with Crippen LogP contribution in [0.1, 0.15) is 33.7 Å². The number of benzene rings is 3. The molecule has 0 saturated heterocycles. The molecule has 4 rings (SSSR count). The van der Waals surface area contributed by atoms with E-state index in [2.05, 4.69) is 11.7 Å². The van der Waals surface area contributed by atoms with Gasteiger partial charge in [-0.05, 0) is 36.3 Å². The maximum absolute atomic E-state index is 12.9. The molecular weight excluding hydrogens is 450 g/mol. The van der Waals surface area contributed by atoms with E-state index < -0.39 is 7.12 Å². The molecule has 186 valence electrons. The first-order valence-corrected chi connectivity index (χ1v) is 10.9. The Balaban J connectivity index is 0.00000148. The Morgan fingerprint density at radius 2 is 1.74 bits per heavy atom. The lowest BCUT2D eigenvalue weighted by atomic mass is 9.77. The summed E-state index contributed by atoms with van der Waals surface area (Å²) in [4.78, 5) is 29.0. The number of anilines is 1. The third-order valence-electron chi connectivity index (χ3n) is 5.93. The van der Waals surface area contributed by atoms with Crippen LogP contribution in [-0.4, -0.2) is 73.5 Å². The summed E-state index contributed by atoms with van der Waals surface area (Å²) < 4.78 is 13.0. The van der Waals surface area contributed by atoms with Crippen molar-refractivity contribution in [1.82, 2.24) is 9.80 Å². The van der Waals surface area contributed by atoms with Gasteiger partial charge in [-0.15, -0.1) is 0 Å². The maximum Gasteiger partial charge on any atom is 0.488 e. The summed E-state index contributed by atoms with van der Waals surface area (Å²) in [5.41, 5.74) is 8.82. The fourth-order valence-corrected chi connectivity index (χ4v) is 4.31. The first-order valence-electron chi connectivity index (χ1n) is 11.3. The van der Waals surface area contributed by atoms with Gasteiger partial charge >= 0.3 is 7.12 Å². The van der Waals surface area contributed by atoms with E-state index in [4.69, 9.17) is 10.5 Å². The summed E-state index contributed by atoms with van der Waals surface area (Å²) in [6.07, 6.45) is 0. The van der Waals surface area contributed by atoms with Crippen LogP contribution in [0, 0.1) is 0 Å². The highest BCUT2D eigenvalue weighted by Gasteiger charge is 2.32. The zero-order chi connectivity index (χ0) is 25.5. The molecule has 8 nitrogen and oxygen atoms in total. The number of hydrogen-bond donors (Lipinski definition) is 4. The van der Waals surface area contributed by atoms with E-state index in [-0.39, 0.29) is 32.3 Å². The second kappa shape index (κ2) is 11.9. The standard InChI is InChI=1S/C24H27BN4O4.CH4.FH/c1-28(15-16-5-2-3-8-20(16)25(32)33)14-12-27-21-10-9-19-22-17(21)6-4-7-18(22)23(30)29(13-11-26)24(19)31;;/h2-10,27,32-33H,11-15,26H2,1H3;1H4;1H/i/hT. The van der Waals surface area contributed by atoms with E-state index in [0.717, 1.165) is 16.6 Å². The highest BCUT2D eigenvalue weighted by atomic mass is 19.0. The maximum atomic E-state index is 12.9. The van der Waals surface area contributed by atoms with Crippen LogP contribution < -0.4 is 16.5 Å². The molecule has 0 fully saturated rings. The van der Waals surface area contributed by atoms with Crippen molar-refractivity contribution in [1.29, 1.82) is 1.45 Å². The quantitative estimate of drug-likeness (QED) is 0.268. The van der Waals surface area contributed by atoms with Crippen LogP contribution in [0.25, 0.3) is 10.8 Å². The van der Waals surface area contributed by atoms with Gasteiger partial charge in [0.2, 0.25) is 0 Å². The number of carbonyl (C=O) groups is 2. The highest BCUT2D eigenvalue weighted by Crippen LogP contribution is 2.34. The zero-order valence-corrected chi connectivity index (χ0v) is 18.9.